The first-order chi connectivity index (χ1) is 7.36. The zero-order valence-electron chi connectivity index (χ0n) is 9.82. The first-order valence-corrected chi connectivity index (χ1v) is 5.66. The van der Waals surface area contributed by atoms with Crippen molar-refractivity contribution in [3.8, 4) is 0 Å². The molecule has 2 atom stereocenters. The SMILES string of the molecule is CC(N)CCC(=O)NC(C)(C(=O)O)C1CC1. The second kappa shape index (κ2) is 4.82. The van der Waals surface area contributed by atoms with E-state index in [1.807, 2.05) is 6.92 Å². The van der Waals surface area contributed by atoms with Crippen LogP contribution < -0.4 is 11.1 Å². The Kier molecular flexibility index (Phi) is 3.91. The van der Waals surface area contributed by atoms with Crippen LogP contribution in [-0.2, 0) is 9.59 Å². The summed E-state index contributed by atoms with van der Waals surface area (Å²) in [5, 5.41) is 11.7. The standard InChI is InChI=1S/C11H20N2O3/c1-7(12)3-6-9(14)13-11(2,10(15)16)8-4-5-8/h7-8H,3-6,12H2,1-2H3,(H,13,14)(H,15,16). The quantitative estimate of drug-likeness (QED) is 0.616. The Labute approximate surface area is 95.4 Å². The number of nitrogens with one attached hydrogen (secondary N) is 1. The van der Waals surface area contributed by atoms with Crippen LogP contribution in [0.2, 0.25) is 0 Å². The molecule has 5 heteroatoms. The molecule has 0 heterocycles. The van der Waals surface area contributed by atoms with E-state index < -0.39 is 11.5 Å². The van der Waals surface area contributed by atoms with E-state index in [4.69, 9.17) is 10.8 Å². The predicted molar refractivity (Wildman–Crippen MR) is 59.8 cm³/mol. The summed E-state index contributed by atoms with van der Waals surface area (Å²) < 4.78 is 0. The van der Waals surface area contributed by atoms with Gasteiger partial charge in [0.25, 0.3) is 0 Å². The smallest absolute Gasteiger partial charge is 0.329 e. The Morgan fingerprint density at radius 1 is 1.56 bits per heavy atom. The van der Waals surface area contributed by atoms with Crippen molar-refractivity contribution in [2.75, 3.05) is 0 Å². The van der Waals surface area contributed by atoms with Gasteiger partial charge in [-0.1, -0.05) is 0 Å². The summed E-state index contributed by atoms with van der Waals surface area (Å²) in [5.74, 6) is -1.11. The second-order valence-corrected chi connectivity index (χ2v) is 4.85. The number of carboxylic acid groups (broad SMARTS) is 1. The van der Waals surface area contributed by atoms with Crippen molar-refractivity contribution in [2.24, 2.45) is 11.7 Å². The zero-order valence-corrected chi connectivity index (χ0v) is 9.82. The van der Waals surface area contributed by atoms with Gasteiger partial charge in [-0.15, -0.1) is 0 Å². The third-order valence-electron chi connectivity index (χ3n) is 3.06. The van der Waals surface area contributed by atoms with Crippen LogP contribution in [0.25, 0.3) is 0 Å². The van der Waals surface area contributed by atoms with E-state index in [0.29, 0.717) is 6.42 Å². The largest absolute Gasteiger partial charge is 0.480 e. The van der Waals surface area contributed by atoms with Crippen LogP contribution >= 0.6 is 0 Å². The highest BCUT2D eigenvalue weighted by Gasteiger charge is 2.48. The van der Waals surface area contributed by atoms with Crippen LogP contribution in [0, 0.1) is 5.92 Å². The summed E-state index contributed by atoms with van der Waals surface area (Å²) in [7, 11) is 0. The van der Waals surface area contributed by atoms with Gasteiger partial charge in [-0.2, -0.15) is 0 Å². The molecule has 0 bridgehead atoms. The van der Waals surface area contributed by atoms with Gasteiger partial charge in [0.05, 0.1) is 0 Å². The average molecular weight is 228 g/mol. The number of amides is 1. The van der Waals surface area contributed by atoms with Crippen molar-refractivity contribution in [1.29, 1.82) is 0 Å². The van der Waals surface area contributed by atoms with Crippen molar-refractivity contribution in [1.82, 2.24) is 5.32 Å². The zero-order chi connectivity index (χ0) is 12.3. The number of hydrogen-bond donors (Lipinski definition) is 3. The summed E-state index contributed by atoms with van der Waals surface area (Å²) in [5.41, 5.74) is 4.44. The number of hydrogen-bond acceptors (Lipinski definition) is 3. The lowest BCUT2D eigenvalue weighted by Gasteiger charge is -2.26. The highest BCUT2D eigenvalue weighted by Crippen LogP contribution is 2.39. The minimum absolute atomic E-state index is 0.0391. The maximum Gasteiger partial charge on any atom is 0.329 e. The number of carbonyl (C=O) groups is 2. The first kappa shape index (κ1) is 13.0. The van der Waals surface area contributed by atoms with Crippen molar-refractivity contribution < 1.29 is 14.7 Å². The van der Waals surface area contributed by atoms with E-state index in [-0.39, 0.29) is 24.3 Å². The maximum absolute atomic E-state index is 11.6. The highest BCUT2D eigenvalue weighted by molar-refractivity contribution is 5.87. The van der Waals surface area contributed by atoms with Crippen molar-refractivity contribution >= 4 is 11.9 Å². The summed E-state index contributed by atoms with van der Waals surface area (Å²) >= 11 is 0. The Hall–Kier alpha value is -1.10. The molecule has 0 aliphatic heterocycles. The molecule has 0 aromatic heterocycles. The van der Waals surface area contributed by atoms with E-state index >= 15 is 0 Å². The van der Waals surface area contributed by atoms with Gasteiger partial charge in [-0.3, -0.25) is 4.79 Å². The van der Waals surface area contributed by atoms with E-state index in [1.165, 1.54) is 0 Å². The molecule has 1 saturated carbocycles. The van der Waals surface area contributed by atoms with Gasteiger partial charge >= 0.3 is 5.97 Å². The van der Waals surface area contributed by atoms with Crippen LogP contribution in [0.5, 0.6) is 0 Å². The topological polar surface area (TPSA) is 92.4 Å². The summed E-state index contributed by atoms with van der Waals surface area (Å²) in [6.07, 6.45) is 2.60. The number of rotatable bonds is 6. The van der Waals surface area contributed by atoms with Gasteiger partial charge in [0.2, 0.25) is 5.91 Å². The maximum atomic E-state index is 11.6. The molecule has 1 aliphatic carbocycles. The van der Waals surface area contributed by atoms with Crippen LogP contribution in [0.1, 0.15) is 39.5 Å². The fraction of sp³-hybridized carbons (Fsp3) is 0.818. The first-order valence-electron chi connectivity index (χ1n) is 5.66. The molecule has 1 amide bonds. The second-order valence-electron chi connectivity index (χ2n) is 4.85. The minimum Gasteiger partial charge on any atom is -0.480 e. The molecule has 1 rings (SSSR count). The van der Waals surface area contributed by atoms with Crippen molar-refractivity contribution in [3.63, 3.8) is 0 Å². The molecule has 16 heavy (non-hydrogen) atoms. The van der Waals surface area contributed by atoms with Crippen LogP contribution in [-0.4, -0.2) is 28.6 Å². The van der Waals surface area contributed by atoms with Crippen molar-refractivity contribution in [2.45, 2.75) is 51.1 Å². The Bertz CT molecular complexity index is 287. The normalized spacial score (nSPS) is 20.9. The third kappa shape index (κ3) is 3.20. The van der Waals surface area contributed by atoms with E-state index in [1.54, 1.807) is 6.92 Å². The Morgan fingerprint density at radius 3 is 2.50 bits per heavy atom. The van der Waals surface area contributed by atoms with E-state index in [0.717, 1.165) is 12.8 Å². The van der Waals surface area contributed by atoms with Gasteiger partial charge in [0, 0.05) is 12.5 Å². The lowest BCUT2D eigenvalue weighted by atomic mass is 9.95. The molecular formula is C11H20N2O3. The lowest BCUT2D eigenvalue weighted by Crippen LogP contribution is -2.54. The van der Waals surface area contributed by atoms with Crippen LogP contribution in [0.15, 0.2) is 0 Å². The number of aliphatic carboxylic acids is 1. The van der Waals surface area contributed by atoms with Crippen LogP contribution in [0.4, 0.5) is 0 Å². The third-order valence-corrected chi connectivity index (χ3v) is 3.06. The van der Waals surface area contributed by atoms with Gasteiger partial charge in [-0.25, -0.2) is 4.79 Å². The average Bonchev–Trinajstić information content (AvgIpc) is 2.97. The molecular weight excluding hydrogens is 208 g/mol. The van der Waals surface area contributed by atoms with Gasteiger partial charge in [0.1, 0.15) is 5.54 Å². The molecule has 0 saturated heterocycles. The number of nitrogens with two attached hydrogens (primary N) is 1. The lowest BCUT2D eigenvalue weighted by molar-refractivity contribution is -0.147. The monoisotopic (exact) mass is 228 g/mol. The fourth-order valence-electron chi connectivity index (χ4n) is 1.70. The fourth-order valence-corrected chi connectivity index (χ4v) is 1.70. The predicted octanol–water partition coefficient (Wildman–Crippen LogP) is 0.483. The molecule has 0 aromatic carbocycles. The van der Waals surface area contributed by atoms with E-state index in [9.17, 15) is 9.59 Å². The molecule has 2 unspecified atom stereocenters. The van der Waals surface area contributed by atoms with Gasteiger partial charge in [-0.05, 0) is 39.0 Å². The van der Waals surface area contributed by atoms with E-state index in [2.05, 4.69) is 5.32 Å². The summed E-state index contributed by atoms with van der Waals surface area (Å²) in [4.78, 5) is 22.7. The Morgan fingerprint density at radius 2 is 2.12 bits per heavy atom. The Balaban J connectivity index is 2.49. The molecule has 5 nitrogen and oxygen atoms in total. The van der Waals surface area contributed by atoms with Gasteiger partial charge < -0.3 is 16.2 Å². The molecule has 4 N–H and O–H groups in total. The molecule has 0 aromatic rings. The molecule has 92 valence electrons. The molecule has 0 spiro atoms. The van der Waals surface area contributed by atoms with Crippen LogP contribution in [0.3, 0.4) is 0 Å². The highest BCUT2D eigenvalue weighted by atomic mass is 16.4. The van der Waals surface area contributed by atoms with Gasteiger partial charge in [0.15, 0.2) is 0 Å². The van der Waals surface area contributed by atoms with Crippen molar-refractivity contribution in [3.05, 3.63) is 0 Å². The molecule has 1 fully saturated rings. The molecule has 0 radical (unpaired) electrons. The number of carbonyl (C=O) groups excluding carboxylic acids is 1. The number of carboxylic acids is 1. The molecule has 1 aliphatic rings. The minimum atomic E-state index is -1.10. The summed E-state index contributed by atoms with van der Waals surface area (Å²) in [6.45, 7) is 3.40. The summed E-state index contributed by atoms with van der Waals surface area (Å²) in [6, 6.07) is -0.0391.